The number of nitrogens with zero attached hydrogens (tertiary/aromatic N) is 1. The lowest BCUT2D eigenvalue weighted by Crippen LogP contribution is -2.22. The summed E-state index contributed by atoms with van der Waals surface area (Å²) in [5.41, 5.74) is 1.86. The van der Waals surface area contributed by atoms with Gasteiger partial charge in [-0.05, 0) is 24.7 Å². The SMILES string of the molecule is CCNC(c1ccoc1)c1ncccc1Cl. The second kappa shape index (κ2) is 5.14. The second-order valence-electron chi connectivity index (χ2n) is 3.42. The Balaban J connectivity index is 2.37. The lowest BCUT2D eigenvalue weighted by atomic mass is 10.1. The standard InChI is InChI=1S/C12H13ClN2O/c1-2-14-11(9-5-7-16-8-9)12-10(13)4-3-6-15-12/h3-8,11,14H,2H2,1H3. The van der Waals surface area contributed by atoms with Crippen molar-refractivity contribution in [2.75, 3.05) is 6.54 Å². The predicted octanol–water partition coefficient (Wildman–Crippen LogP) is 3.03. The normalized spacial score (nSPS) is 12.6. The van der Waals surface area contributed by atoms with Crippen molar-refractivity contribution in [3.63, 3.8) is 0 Å². The molecule has 2 aromatic heterocycles. The number of aromatic nitrogens is 1. The molecule has 0 radical (unpaired) electrons. The van der Waals surface area contributed by atoms with Gasteiger partial charge in [-0.25, -0.2) is 0 Å². The number of furan rings is 1. The molecule has 0 saturated carbocycles. The molecule has 16 heavy (non-hydrogen) atoms. The molecule has 1 unspecified atom stereocenters. The van der Waals surface area contributed by atoms with E-state index in [-0.39, 0.29) is 6.04 Å². The average molecular weight is 237 g/mol. The van der Waals surface area contributed by atoms with Crippen LogP contribution in [0.2, 0.25) is 5.02 Å². The molecular formula is C12H13ClN2O. The summed E-state index contributed by atoms with van der Waals surface area (Å²) in [7, 11) is 0. The van der Waals surface area contributed by atoms with Crippen LogP contribution in [0.5, 0.6) is 0 Å². The monoisotopic (exact) mass is 236 g/mol. The summed E-state index contributed by atoms with van der Waals surface area (Å²) in [5.74, 6) is 0. The van der Waals surface area contributed by atoms with E-state index in [2.05, 4.69) is 10.3 Å². The fraction of sp³-hybridized carbons (Fsp3) is 0.250. The highest BCUT2D eigenvalue weighted by Crippen LogP contribution is 2.26. The summed E-state index contributed by atoms with van der Waals surface area (Å²) in [6.07, 6.45) is 5.10. The molecule has 0 fully saturated rings. The average Bonchev–Trinajstić information content (AvgIpc) is 2.80. The van der Waals surface area contributed by atoms with Gasteiger partial charge in [0.05, 0.1) is 29.3 Å². The van der Waals surface area contributed by atoms with Crippen LogP contribution < -0.4 is 5.32 Å². The van der Waals surface area contributed by atoms with Crippen LogP contribution in [0.1, 0.15) is 24.2 Å². The summed E-state index contributed by atoms with van der Waals surface area (Å²) in [6.45, 7) is 2.88. The van der Waals surface area contributed by atoms with Crippen LogP contribution in [0.15, 0.2) is 41.3 Å². The van der Waals surface area contributed by atoms with Crippen molar-refractivity contribution in [3.05, 3.63) is 53.2 Å². The predicted molar refractivity (Wildman–Crippen MR) is 63.5 cm³/mol. The van der Waals surface area contributed by atoms with Crippen molar-refractivity contribution < 1.29 is 4.42 Å². The minimum absolute atomic E-state index is 0.0163. The summed E-state index contributed by atoms with van der Waals surface area (Å²) < 4.78 is 5.09. The molecular weight excluding hydrogens is 224 g/mol. The van der Waals surface area contributed by atoms with E-state index in [1.807, 2.05) is 25.1 Å². The molecule has 0 aliphatic heterocycles. The molecule has 2 rings (SSSR count). The zero-order valence-corrected chi connectivity index (χ0v) is 9.74. The van der Waals surface area contributed by atoms with E-state index in [4.69, 9.17) is 16.0 Å². The molecule has 0 aliphatic rings. The third kappa shape index (κ3) is 2.26. The van der Waals surface area contributed by atoms with E-state index in [0.29, 0.717) is 5.02 Å². The quantitative estimate of drug-likeness (QED) is 0.887. The lowest BCUT2D eigenvalue weighted by molar-refractivity contribution is 0.550. The van der Waals surface area contributed by atoms with E-state index < -0.39 is 0 Å². The molecule has 2 heterocycles. The van der Waals surface area contributed by atoms with Crippen LogP contribution in [0.25, 0.3) is 0 Å². The molecule has 3 nitrogen and oxygen atoms in total. The molecule has 4 heteroatoms. The zero-order chi connectivity index (χ0) is 11.4. The first kappa shape index (κ1) is 11.2. The van der Waals surface area contributed by atoms with Gasteiger partial charge in [0.1, 0.15) is 0 Å². The molecule has 0 bridgehead atoms. The van der Waals surface area contributed by atoms with Crippen molar-refractivity contribution in [2.24, 2.45) is 0 Å². The van der Waals surface area contributed by atoms with Gasteiger partial charge in [-0.15, -0.1) is 0 Å². The molecule has 84 valence electrons. The van der Waals surface area contributed by atoms with Crippen LogP contribution in [0, 0.1) is 0 Å². The first-order chi connectivity index (χ1) is 7.83. The van der Waals surface area contributed by atoms with Gasteiger partial charge in [0.2, 0.25) is 0 Å². The Hall–Kier alpha value is -1.32. The number of hydrogen-bond donors (Lipinski definition) is 1. The van der Waals surface area contributed by atoms with Crippen molar-refractivity contribution in [3.8, 4) is 0 Å². The zero-order valence-electron chi connectivity index (χ0n) is 8.98. The van der Waals surface area contributed by atoms with Gasteiger partial charge < -0.3 is 9.73 Å². The Bertz CT molecular complexity index is 442. The van der Waals surface area contributed by atoms with Crippen LogP contribution >= 0.6 is 11.6 Å². The third-order valence-electron chi connectivity index (χ3n) is 2.35. The van der Waals surface area contributed by atoms with E-state index in [9.17, 15) is 0 Å². The van der Waals surface area contributed by atoms with Crippen LogP contribution in [0.3, 0.4) is 0 Å². The van der Waals surface area contributed by atoms with Gasteiger partial charge in [-0.2, -0.15) is 0 Å². The van der Waals surface area contributed by atoms with Gasteiger partial charge >= 0.3 is 0 Å². The van der Waals surface area contributed by atoms with Crippen LogP contribution in [-0.4, -0.2) is 11.5 Å². The second-order valence-corrected chi connectivity index (χ2v) is 3.83. The van der Waals surface area contributed by atoms with E-state index >= 15 is 0 Å². The molecule has 0 spiro atoms. The fourth-order valence-corrected chi connectivity index (χ4v) is 1.86. The maximum atomic E-state index is 6.14. The number of nitrogens with one attached hydrogen (secondary N) is 1. The van der Waals surface area contributed by atoms with Gasteiger partial charge in [0, 0.05) is 11.8 Å². The number of hydrogen-bond acceptors (Lipinski definition) is 3. The van der Waals surface area contributed by atoms with Gasteiger partial charge in [0.25, 0.3) is 0 Å². The minimum atomic E-state index is -0.0163. The van der Waals surface area contributed by atoms with Crippen molar-refractivity contribution >= 4 is 11.6 Å². The largest absolute Gasteiger partial charge is 0.472 e. The van der Waals surface area contributed by atoms with E-state index in [1.165, 1.54) is 0 Å². The maximum Gasteiger partial charge on any atom is 0.0954 e. The molecule has 0 aromatic carbocycles. The smallest absolute Gasteiger partial charge is 0.0954 e. The number of rotatable bonds is 4. The van der Waals surface area contributed by atoms with Crippen molar-refractivity contribution in [1.29, 1.82) is 0 Å². The molecule has 0 amide bonds. The van der Waals surface area contributed by atoms with Crippen molar-refractivity contribution in [2.45, 2.75) is 13.0 Å². The Morgan fingerprint density at radius 1 is 1.50 bits per heavy atom. The Labute approximate surface area is 99.5 Å². The Morgan fingerprint density at radius 3 is 3.00 bits per heavy atom. The number of halogens is 1. The topological polar surface area (TPSA) is 38.1 Å². The third-order valence-corrected chi connectivity index (χ3v) is 2.66. The highest BCUT2D eigenvalue weighted by atomic mass is 35.5. The molecule has 0 aliphatic carbocycles. The highest BCUT2D eigenvalue weighted by Gasteiger charge is 2.17. The molecule has 0 saturated heterocycles. The summed E-state index contributed by atoms with van der Waals surface area (Å²) >= 11 is 6.14. The van der Waals surface area contributed by atoms with Gasteiger partial charge in [0.15, 0.2) is 0 Å². The summed E-state index contributed by atoms with van der Waals surface area (Å²) in [5, 5.41) is 4.00. The van der Waals surface area contributed by atoms with Crippen LogP contribution in [0.4, 0.5) is 0 Å². The lowest BCUT2D eigenvalue weighted by Gasteiger charge is -2.16. The summed E-state index contributed by atoms with van der Waals surface area (Å²) in [4.78, 5) is 4.32. The first-order valence-electron chi connectivity index (χ1n) is 5.18. The fourth-order valence-electron chi connectivity index (χ4n) is 1.63. The highest BCUT2D eigenvalue weighted by molar-refractivity contribution is 6.31. The first-order valence-corrected chi connectivity index (χ1v) is 5.56. The Morgan fingerprint density at radius 2 is 2.38 bits per heavy atom. The summed E-state index contributed by atoms with van der Waals surface area (Å²) in [6, 6.07) is 5.56. The van der Waals surface area contributed by atoms with Crippen molar-refractivity contribution in [1.82, 2.24) is 10.3 Å². The molecule has 2 aromatic rings. The van der Waals surface area contributed by atoms with E-state index in [0.717, 1.165) is 17.8 Å². The minimum Gasteiger partial charge on any atom is -0.472 e. The molecule has 1 atom stereocenters. The molecule has 1 N–H and O–H groups in total. The maximum absolute atomic E-state index is 6.14. The van der Waals surface area contributed by atoms with Gasteiger partial charge in [-0.3, -0.25) is 4.98 Å². The van der Waals surface area contributed by atoms with E-state index in [1.54, 1.807) is 18.7 Å². The van der Waals surface area contributed by atoms with Crippen LogP contribution in [-0.2, 0) is 0 Å². The van der Waals surface area contributed by atoms with Gasteiger partial charge in [-0.1, -0.05) is 18.5 Å². The Kier molecular flexibility index (Phi) is 3.59. The number of pyridine rings is 1.